The van der Waals surface area contributed by atoms with Gasteiger partial charge < -0.3 is 0 Å². The highest BCUT2D eigenvalue weighted by molar-refractivity contribution is 5.37. The molecular weight excluding hydrogens is 240 g/mol. The SMILES string of the molecule is CC[C@](C)(c1ccccc1)[C@](C)(CC)c1ccccc1. The minimum Gasteiger partial charge on any atom is -0.0645 e. The van der Waals surface area contributed by atoms with E-state index < -0.39 is 0 Å². The van der Waals surface area contributed by atoms with E-state index in [1.54, 1.807) is 0 Å². The van der Waals surface area contributed by atoms with E-state index >= 15 is 0 Å². The lowest BCUT2D eigenvalue weighted by Gasteiger charge is -2.47. The van der Waals surface area contributed by atoms with Crippen molar-refractivity contribution < 1.29 is 0 Å². The summed E-state index contributed by atoms with van der Waals surface area (Å²) in [5, 5.41) is 0. The maximum atomic E-state index is 2.42. The van der Waals surface area contributed by atoms with Gasteiger partial charge in [0, 0.05) is 10.8 Å². The molecule has 0 bridgehead atoms. The zero-order chi connectivity index (χ0) is 14.6. The molecule has 0 nitrogen and oxygen atoms in total. The van der Waals surface area contributed by atoms with Crippen LogP contribution in [0.25, 0.3) is 0 Å². The van der Waals surface area contributed by atoms with Crippen LogP contribution in [0, 0.1) is 0 Å². The van der Waals surface area contributed by atoms with E-state index in [9.17, 15) is 0 Å². The molecule has 2 atom stereocenters. The molecule has 0 aliphatic carbocycles. The van der Waals surface area contributed by atoms with Crippen molar-refractivity contribution in [1.82, 2.24) is 0 Å². The Hall–Kier alpha value is -1.56. The first-order chi connectivity index (χ1) is 9.58. The van der Waals surface area contributed by atoms with Crippen LogP contribution in [0.15, 0.2) is 60.7 Å². The third-order valence-corrected chi connectivity index (χ3v) is 5.45. The molecule has 0 fully saturated rings. The highest BCUT2D eigenvalue weighted by Gasteiger charge is 2.44. The van der Waals surface area contributed by atoms with Crippen LogP contribution >= 0.6 is 0 Å². The Labute approximate surface area is 123 Å². The smallest absolute Gasteiger partial charge is 0.00162 e. The molecule has 0 heterocycles. The molecular formula is C20H26. The quantitative estimate of drug-likeness (QED) is 0.649. The number of benzene rings is 2. The molecule has 2 aromatic rings. The highest BCUT2D eigenvalue weighted by atomic mass is 14.5. The van der Waals surface area contributed by atoms with Crippen molar-refractivity contribution in [3.05, 3.63) is 71.8 Å². The largest absolute Gasteiger partial charge is 0.0645 e. The number of rotatable bonds is 5. The highest BCUT2D eigenvalue weighted by Crippen LogP contribution is 2.48. The van der Waals surface area contributed by atoms with E-state index in [1.807, 2.05) is 0 Å². The summed E-state index contributed by atoms with van der Waals surface area (Å²) in [4.78, 5) is 0. The minimum atomic E-state index is 0.143. The normalized spacial score (nSPS) is 17.2. The molecule has 0 aliphatic rings. The van der Waals surface area contributed by atoms with E-state index in [-0.39, 0.29) is 10.8 Å². The van der Waals surface area contributed by atoms with Crippen LogP contribution in [0.4, 0.5) is 0 Å². The van der Waals surface area contributed by atoms with Gasteiger partial charge in [-0.3, -0.25) is 0 Å². The molecule has 0 saturated carbocycles. The van der Waals surface area contributed by atoms with Crippen molar-refractivity contribution in [2.24, 2.45) is 0 Å². The molecule has 2 aromatic carbocycles. The Bertz CT molecular complexity index is 477. The molecule has 0 heteroatoms. The number of hydrogen-bond donors (Lipinski definition) is 0. The zero-order valence-electron chi connectivity index (χ0n) is 13.2. The lowest BCUT2D eigenvalue weighted by molar-refractivity contribution is 0.235. The van der Waals surface area contributed by atoms with Gasteiger partial charge in [-0.05, 0) is 24.0 Å². The molecule has 0 saturated heterocycles. The molecule has 0 N–H and O–H groups in total. The summed E-state index contributed by atoms with van der Waals surface area (Å²) >= 11 is 0. The van der Waals surface area contributed by atoms with Gasteiger partial charge in [0.25, 0.3) is 0 Å². The summed E-state index contributed by atoms with van der Waals surface area (Å²) in [5.74, 6) is 0. The Morgan fingerprint density at radius 3 is 1.15 bits per heavy atom. The minimum absolute atomic E-state index is 0.143. The molecule has 0 radical (unpaired) electrons. The summed E-state index contributed by atoms with van der Waals surface area (Å²) in [6.45, 7) is 9.45. The molecule has 0 spiro atoms. The fraction of sp³-hybridized carbons (Fsp3) is 0.400. The first-order valence-corrected chi connectivity index (χ1v) is 7.69. The first kappa shape index (κ1) is 14.8. The van der Waals surface area contributed by atoms with Crippen molar-refractivity contribution in [3.8, 4) is 0 Å². The van der Waals surface area contributed by atoms with Crippen molar-refractivity contribution in [2.45, 2.75) is 51.4 Å². The van der Waals surface area contributed by atoms with Gasteiger partial charge in [0.1, 0.15) is 0 Å². The van der Waals surface area contributed by atoms with Crippen molar-refractivity contribution >= 4 is 0 Å². The number of hydrogen-bond acceptors (Lipinski definition) is 0. The molecule has 0 aromatic heterocycles. The summed E-state index contributed by atoms with van der Waals surface area (Å²) in [6.07, 6.45) is 2.27. The van der Waals surface area contributed by atoms with Crippen LogP contribution in [0.5, 0.6) is 0 Å². The van der Waals surface area contributed by atoms with Crippen LogP contribution in [0.3, 0.4) is 0 Å². The molecule has 0 unspecified atom stereocenters. The maximum Gasteiger partial charge on any atom is 0.00162 e. The maximum absolute atomic E-state index is 2.42. The fourth-order valence-corrected chi connectivity index (χ4v) is 3.44. The molecule has 0 aliphatic heterocycles. The van der Waals surface area contributed by atoms with Gasteiger partial charge in [0.2, 0.25) is 0 Å². The second-order valence-electron chi connectivity index (χ2n) is 6.10. The van der Waals surface area contributed by atoms with Gasteiger partial charge in [-0.2, -0.15) is 0 Å². The lowest BCUT2D eigenvalue weighted by atomic mass is 9.56. The lowest BCUT2D eigenvalue weighted by Crippen LogP contribution is -2.44. The Balaban J connectivity index is 2.58. The second kappa shape index (κ2) is 5.83. The monoisotopic (exact) mass is 266 g/mol. The van der Waals surface area contributed by atoms with Crippen molar-refractivity contribution in [2.75, 3.05) is 0 Å². The van der Waals surface area contributed by atoms with E-state index in [4.69, 9.17) is 0 Å². The van der Waals surface area contributed by atoms with Crippen LogP contribution in [-0.2, 0) is 10.8 Å². The van der Waals surface area contributed by atoms with Gasteiger partial charge in [-0.1, -0.05) is 88.4 Å². The molecule has 0 amide bonds. The van der Waals surface area contributed by atoms with Gasteiger partial charge in [-0.15, -0.1) is 0 Å². The van der Waals surface area contributed by atoms with Gasteiger partial charge in [0.05, 0.1) is 0 Å². The van der Waals surface area contributed by atoms with Crippen molar-refractivity contribution in [1.29, 1.82) is 0 Å². The summed E-state index contributed by atoms with van der Waals surface area (Å²) in [6, 6.07) is 21.9. The summed E-state index contributed by atoms with van der Waals surface area (Å²) < 4.78 is 0. The van der Waals surface area contributed by atoms with Crippen LogP contribution in [0.1, 0.15) is 51.7 Å². The van der Waals surface area contributed by atoms with Crippen LogP contribution in [0.2, 0.25) is 0 Å². The Morgan fingerprint density at radius 2 is 0.900 bits per heavy atom. The van der Waals surface area contributed by atoms with E-state index in [2.05, 4.69) is 88.4 Å². The zero-order valence-corrected chi connectivity index (χ0v) is 13.2. The Kier molecular flexibility index (Phi) is 4.32. The van der Waals surface area contributed by atoms with Gasteiger partial charge in [0.15, 0.2) is 0 Å². The predicted molar refractivity (Wildman–Crippen MR) is 88.2 cm³/mol. The Morgan fingerprint density at radius 1 is 0.600 bits per heavy atom. The van der Waals surface area contributed by atoms with Crippen molar-refractivity contribution in [3.63, 3.8) is 0 Å². The molecule has 2 rings (SSSR count). The van der Waals surface area contributed by atoms with Gasteiger partial charge >= 0.3 is 0 Å². The third kappa shape index (κ3) is 2.28. The van der Waals surface area contributed by atoms with Crippen LogP contribution < -0.4 is 0 Å². The summed E-state index contributed by atoms with van der Waals surface area (Å²) in [7, 11) is 0. The van der Waals surface area contributed by atoms with E-state index in [0.29, 0.717) is 0 Å². The second-order valence-corrected chi connectivity index (χ2v) is 6.10. The standard InChI is InChI=1S/C20H26/c1-5-19(3,17-13-9-7-10-14-17)20(4,6-2)18-15-11-8-12-16-18/h7-16H,5-6H2,1-4H3/t19-,20-/m1/s1. The molecule has 106 valence electrons. The third-order valence-electron chi connectivity index (χ3n) is 5.45. The molecule has 20 heavy (non-hydrogen) atoms. The fourth-order valence-electron chi connectivity index (χ4n) is 3.44. The first-order valence-electron chi connectivity index (χ1n) is 7.69. The van der Waals surface area contributed by atoms with Crippen LogP contribution in [-0.4, -0.2) is 0 Å². The predicted octanol–water partition coefficient (Wildman–Crippen LogP) is 5.72. The summed E-state index contributed by atoms with van der Waals surface area (Å²) in [5.41, 5.74) is 3.17. The average Bonchev–Trinajstić information content (AvgIpc) is 2.54. The van der Waals surface area contributed by atoms with Gasteiger partial charge in [-0.25, -0.2) is 0 Å². The van der Waals surface area contributed by atoms with E-state index in [1.165, 1.54) is 11.1 Å². The van der Waals surface area contributed by atoms with E-state index in [0.717, 1.165) is 12.8 Å². The average molecular weight is 266 g/mol. The topological polar surface area (TPSA) is 0 Å².